The van der Waals surface area contributed by atoms with E-state index in [1.165, 1.54) is 17.9 Å². The lowest BCUT2D eigenvalue weighted by Crippen LogP contribution is -2.47. The van der Waals surface area contributed by atoms with Crippen molar-refractivity contribution in [3.8, 4) is 0 Å². The summed E-state index contributed by atoms with van der Waals surface area (Å²) in [6.07, 6.45) is 3.50. The fraction of sp³-hybridized carbons (Fsp3) is 0.550. The van der Waals surface area contributed by atoms with Gasteiger partial charge in [-0.05, 0) is 37.3 Å². The zero-order chi connectivity index (χ0) is 20.4. The molecule has 4 atom stereocenters. The number of rotatable bonds is 5. The van der Waals surface area contributed by atoms with Crippen molar-refractivity contribution in [2.24, 2.45) is 5.92 Å². The minimum absolute atomic E-state index is 0.128. The largest absolute Gasteiger partial charge is 0.480 e. The molecular weight excluding hydrogens is 370 g/mol. The molecule has 1 aromatic carbocycles. The van der Waals surface area contributed by atoms with Crippen LogP contribution in [0.2, 0.25) is 0 Å². The van der Waals surface area contributed by atoms with Gasteiger partial charge in [0.25, 0.3) is 0 Å². The quantitative estimate of drug-likeness (QED) is 0.804. The zero-order valence-electron chi connectivity index (χ0n) is 15.7. The number of carbonyl (C=O) groups is 3. The number of benzene rings is 1. The van der Waals surface area contributed by atoms with Gasteiger partial charge in [-0.2, -0.15) is 0 Å². The number of aliphatic carboxylic acids is 1. The highest BCUT2D eigenvalue weighted by Gasteiger charge is 2.47. The van der Waals surface area contributed by atoms with Crippen LogP contribution in [0.1, 0.15) is 57.1 Å². The number of fused-ring (bicyclic) bond motifs is 1. The zero-order valence-corrected chi connectivity index (χ0v) is 15.7. The predicted octanol–water partition coefficient (Wildman–Crippen LogP) is 2.78. The number of carbonyl (C=O) groups excluding carboxylic acids is 2. The van der Waals surface area contributed by atoms with Crippen LogP contribution in [-0.2, 0) is 14.4 Å². The Morgan fingerprint density at radius 3 is 2.46 bits per heavy atom. The van der Waals surface area contributed by atoms with E-state index in [0.29, 0.717) is 6.42 Å². The second kappa shape index (κ2) is 8.24. The molecule has 1 aromatic rings. The van der Waals surface area contributed by atoms with Gasteiger partial charge in [-0.15, -0.1) is 0 Å². The number of halogens is 2. The van der Waals surface area contributed by atoms with Gasteiger partial charge in [0.15, 0.2) is 0 Å². The van der Waals surface area contributed by atoms with Crippen LogP contribution in [0, 0.1) is 17.6 Å². The second-order valence-electron chi connectivity index (χ2n) is 7.60. The lowest BCUT2D eigenvalue weighted by Gasteiger charge is -2.34. The van der Waals surface area contributed by atoms with Crippen molar-refractivity contribution in [1.82, 2.24) is 10.2 Å². The van der Waals surface area contributed by atoms with Crippen LogP contribution in [0.5, 0.6) is 0 Å². The molecule has 1 aliphatic carbocycles. The second-order valence-corrected chi connectivity index (χ2v) is 7.60. The first-order valence-corrected chi connectivity index (χ1v) is 9.54. The van der Waals surface area contributed by atoms with E-state index in [-0.39, 0.29) is 12.0 Å². The van der Waals surface area contributed by atoms with Crippen molar-refractivity contribution in [3.63, 3.8) is 0 Å². The number of hydrogen-bond acceptors (Lipinski definition) is 3. The van der Waals surface area contributed by atoms with Gasteiger partial charge in [-0.3, -0.25) is 9.59 Å². The van der Waals surface area contributed by atoms with Gasteiger partial charge < -0.3 is 15.3 Å². The summed E-state index contributed by atoms with van der Waals surface area (Å²) in [5.74, 6) is -3.72. The third-order valence-corrected chi connectivity index (χ3v) is 5.77. The molecule has 1 heterocycles. The molecular formula is C20H24F2N2O4. The van der Waals surface area contributed by atoms with Crippen LogP contribution in [0.15, 0.2) is 18.2 Å². The first-order valence-electron chi connectivity index (χ1n) is 9.54. The summed E-state index contributed by atoms with van der Waals surface area (Å²) in [6.45, 7) is 1.20. The number of carboxylic acids is 1. The summed E-state index contributed by atoms with van der Waals surface area (Å²) < 4.78 is 28.5. The van der Waals surface area contributed by atoms with Crippen LogP contribution < -0.4 is 5.32 Å². The van der Waals surface area contributed by atoms with E-state index in [9.17, 15) is 28.3 Å². The smallest absolute Gasteiger partial charge is 0.326 e. The summed E-state index contributed by atoms with van der Waals surface area (Å²) in [5.41, 5.74) is -0.391. The Morgan fingerprint density at radius 2 is 1.86 bits per heavy atom. The summed E-state index contributed by atoms with van der Waals surface area (Å²) in [5, 5.41) is 12.0. The first-order chi connectivity index (χ1) is 13.3. The maximum Gasteiger partial charge on any atom is 0.326 e. The van der Waals surface area contributed by atoms with Gasteiger partial charge in [-0.25, -0.2) is 13.6 Å². The number of nitrogens with zero attached hydrogens (tertiary/aromatic N) is 1. The Labute approximate surface area is 161 Å². The van der Waals surface area contributed by atoms with Crippen molar-refractivity contribution >= 4 is 17.8 Å². The molecule has 2 fully saturated rings. The highest BCUT2D eigenvalue weighted by molar-refractivity contribution is 5.85. The van der Waals surface area contributed by atoms with Crippen molar-refractivity contribution in [3.05, 3.63) is 35.4 Å². The number of nitrogens with one attached hydrogen (secondary N) is 1. The third-order valence-electron chi connectivity index (χ3n) is 5.77. The summed E-state index contributed by atoms with van der Waals surface area (Å²) in [7, 11) is 0. The standard InChI is InChI=1S/C20H24F2N2O4/c1-11(25)23-15(19-13(21)6-4-7-14(19)22)10-18(26)24-16-8-3-2-5-12(16)9-17(24)20(27)28/h4,6-7,12,15-17H,2-3,5,8-10H2,1H3,(H,23,25)(H,27,28)/t12-,15-,16-,17+/m1/s1. The molecule has 152 valence electrons. The van der Waals surface area contributed by atoms with Crippen LogP contribution in [-0.4, -0.2) is 39.9 Å². The van der Waals surface area contributed by atoms with Gasteiger partial charge in [-0.1, -0.05) is 18.9 Å². The maximum atomic E-state index is 14.2. The summed E-state index contributed by atoms with van der Waals surface area (Å²) in [4.78, 5) is 37.7. The SMILES string of the molecule is CC(=O)N[C@H](CC(=O)N1[C@@H]2CCCC[C@@H]2C[C@H]1C(=O)O)c1c(F)cccc1F. The molecule has 0 unspecified atom stereocenters. The molecule has 1 saturated heterocycles. The van der Waals surface area contributed by atoms with Crippen molar-refractivity contribution < 1.29 is 28.3 Å². The fourth-order valence-corrected chi connectivity index (χ4v) is 4.63. The summed E-state index contributed by atoms with van der Waals surface area (Å²) in [6, 6.07) is 1.00. The van der Waals surface area contributed by atoms with Gasteiger partial charge in [0.1, 0.15) is 17.7 Å². The maximum absolute atomic E-state index is 14.2. The molecule has 1 aliphatic heterocycles. The monoisotopic (exact) mass is 394 g/mol. The molecule has 6 nitrogen and oxygen atoms in total. The van der Waals surface area contributed by atoms with E-state index < -0.39 is 53.5 Å². The van der Waals surface area contributed by atoms with Crippen molar-refractivity contribution in [2.45, 2.75) is 63.6 Å². The summed E-state index contributed by atoms with van der Waals surface area (Å²) >= 11 is 0. The highest BCUT2D eigenvalue weighted by Crippen LogP contribution is 2.40. The molecule has 28 heavy (non-hydrogen) atoms. The molecule has 8 heteroatoms. The third kappa shape index (κ3) is 4.00. The lowest BCUT2D eigenvalue weighted by molar-refractivity contribution is -0.150. The van der Waals surface area contributed by atoms with E-state index >= 15 is 0 Å². The van der Waals surface area contributed by atoms with E-state index in [0.717, 1.165) is 37.8 Å². The molecule has 2 aliphatic rings. The van der Waals surface area contributed by atoms with E-state index in [1.807, 2.05) is 0 Å². The van der Waals surface area contributed by atoms with E-state index in [2.05, 4.69) is 5.32 Å². The molecule has 2 amide bonds. The Kier molecular flexibility index (Phi) is 5.96. The van der Waals surface area contributed by atoms with Crippen molar-refractivity contribution in [1.29, 1.82) is 0 Å². The average Bonchev–Trinajstić information content (AvgIpc) is 3.01. The number of amides is 2. The average molecular weight is 394 g/mol. The van der Waals surface area contributed by atoms with Gasteiger partial charge in [0.05, 0.1) is 12.5 Å². The molecule has 1 saturated carbocycles. The first kappa shape index (κ1) is 20.2. The normalized spacial score (nSPS) is 25.1. The molecule has 0 aromatic heterocycles. The Balaban J connectivity index is 1.88. The molecule has 0 bridgehead atoms. The van der Waals surface area contributed by atoms with Gasteiger partial charge in [0.2, 0.25) is 11.8 Å². The molecule has 3 rings (SSSR count). The van der Waals surface area contributed by atoms with Crippen LogP contribution in [0.25, 0.3) is 0 Å². The minimum Gasteiger partial charge on any atom is -0.480 e. The van der Waals surface area contributed by atoms with Gasteiger partial charge in [0, 0.05) is 18.5 Å². The Morgan fingerprint density at radius 1 is 1.21 bits per heavy atom. The lowest BCUT2D eigenvalue weighted by atomic mass is 9.84. The number of likely N-dealkylation sites (tertiary alicyclic amines) is 1. The van der Waals surface area contributed by atoms with Crippen LogP contribution >= 0.6 is 0 Å². The fourth-order valence-electron chi connectivity index (χ4n) is 4.63. The Hall–Kier alpha value is -2.51. The molecule has 0 spiro atoms. The molecule has 2 N–H and O–H groups in total. The molecule has 0 radical (unpaired) electrons. The van der Waals surface area contributed by atoms with Crippen LogP contribution in [0.3, 0.4) is 0 Å². The predicted molar refractivity (Wildman–Crippen MR) is 96.2 cm³/mol. The highest BCUT2D eigenvalue weighted by atomic mass is 19.1. The van der Waals surface area contributed by atoms with Crippen LogP contribution in [0.4, 0.5) is 8.78 Å². The van der Waals surface area contributed by atoms with Crippen molar-refractivity contribution in [2.75, 3.05) is 0 Å². The van der Waals surface area contributed by atoms with E-state index in [1.54, 1.807) is 0 Å². The van der Waals surface area contributed by atoms with E-state index in [4.69, 9.17) is 0 Å². The van der Waals surface area contributed by atoms with Gasteiger partial charge >= 0.3 is 5.97 Å². The number of hydrogen-bond donors (Lipinski definition) is 2. The topological polar surface area (TPSA) is 86.7 Å². The minimum atomic E-state index is -1.21. The Bertz CT molecular complexity index is 765. The number of carboxylic acid groups (broad SMARTS) is 1.